The first kappa shape index (κ1) is 26.3. The van der Waals surface area contributed by atoms with Gasteiger partial charge >= 0.3 is 5.97 Å². The van der Waals surface area contributed by atoms with E-state index < -0.39 is 66.8 Å². The number of carbonyl (C=O) groups excluding carboxylic acids is 4. The van der Waals surface area contributed by atoms with Gasteiger partial charge in [-0.2, -0.15) is 0 Å². The number of nitrogens with one attached hydrogen (secondary N) is 3. The zero-order valence-corrected chi connectivity index (χ0v) is 17.3. The Bertz CT molecular complexity index is 843. The van der Waals surface area contributed by atoms with Crippen molar-refractivity contribution in [2.75, 3.05) is 6.54 Å². The summed E-state index contributed by atoms with van der Waals surface area (Å²) in [6.45, 7) is 0.517. The first-order chi connectivity index (χ1) is 14.9. The lowest BCUT2D eigenvalue weighted by atomic mass is 10.0. The van der Waals surface area contributed by atoms with Crippen molar-refractivity contribution in [3.05, 3.63) is 29.8 Å². The molecule has 0 aliphatic rings. The molecule has 0 heterocycles. The van der Waals surface area contributed by atoms with Crippen LogP contribution in [-0.2, 0) is 30.4 Å². The normalized spacial score (nSPS) is 14.3. The molecule has 1 rings (SSSR count). The second-order valence-corrected chi connectivity index (χ2v) is 7.05. The average molecular weight is 453 g/mol. The Hall–Kier alpha value is -3.71. The molecule has 0 radical (unpaired) electrons. The Balaban J connectivity index is 2.99. The summed E-state index contributed by atoms with van der Waals surface area (Å²) in [5.74, 6) is -4.85. The van der Waals surface area contributed by atoms with Crippen molar-refractivity contribution in [2.45, 2.75) is 44.0 Å². The third kappa shape index (κ3) is 8.97. The molecule has 4 atom stereocenters. The largest absolute Gasteiger partial charge is 0.508 e. The number of amides is 4. The zero-order chi connectivity index (χ0) is 24.4. The van der Waals surface area contributed by atoms with Gasteiger partial charge in [0.25, 0.3) is 0 Å². The van der Waals surface area contributed by atoms with E-state index in [2.05, 4.69) is 16.0 Å². The van der Waals surface area contributed by atoms with Crippen molar-refractivity contribution in [3.8, 4) is 5.75 Å². The molecular formula is C19H27N5O8. The van der Waals surface area contributed by atoms with Gasteiger partial charge in [-0.15, -0.1) is 0 Å². The molecule has 13 heteroatoms. The highest BCUT2D eigenvalue weighted by molar-refractivity contribution is 5.95. The van der Waals surface area contributed by atoms with Crippen LogP contribution in [0.4, 0.5) is 0 Å². The van der Waals surface area contributed by atoms with Crippen LogP contribution < -0.4 is 27.4 Å². The standard InChI is InChI=1S/C19H27N5O8/c1-9(25)16(24-17(30)12(20)7-14(21)27)19(32)23-13(18(31)22-8-15(28)29)6-10-2-4-11(26)5-3-10/h2-5,9,12-13,16,25-26H,6-8,20H2,1H3,(H2,21,27)(H,22,31)(H,23,32)(H,24,30)(H,28,29). The molecular weight excluding hydrogens is 426 g/mol. The number of nitrogens with two attached hydrogens (primary N) is 2. The smallest absolute Gasteiger partial charge is 0.322 e. The van der Waals surface area contributed by atoms with Gasteiger partial charge in [0.2, 0.25) is 23.6 Å². The number of hydrogen-bond acceptors (Lipinski definition) is 8. The Morgan fingerprint density at radius 1 is 1.00 bits per heavy atom. The minimum Gasteiger partial charge on any atom is -0.508 e. The summed E-state index contributed by atoms with van der Waals surface area (Å²) in [6.07, 6.45) is -1.98. The van der Waals surface area contributed by atoms with E-state index in [1.54, 1.807) is 0 Å². The number of benzene rings is 1. The van der Waals surface area contributed by atoms with Crippen molar-refractivity contribution in [2.24, 2.45) is 11.5 Å². The van der Waals surface area contributed by atoms with Crippen molar-refractivity contribution >= 4 is 29.6 Å². The number of phenolic OH excluding ortho intramolecular Hbond substituents is 1. The summed E-state index contributed by atoms with van der Waals surface area (Å²) in [7, 11) is 0. The maximum atomic E-state index is 12.7. The number of aromatic hydroxyl groups is 1. The van der Waals surface area contributed by atoms with E-state index in [-0.39, 0.29) is 12.2 Å². The highest BCUT2D eigenvalue weighted by atomic mass is 16.4. The topological polar surface area (TPSA) is 234 Å². The van der Waals surface area contributed by atoms with Gasteiger partial charge < -0.3 is 42.7 Å². The molecule has 1 aromatic rings. The molecule has 0 saturated heterocycles. The third-order valence-electron chi connectivity index (χ3n) is 4.24. The van der Waals surface area contributed by atoms with Crippen LogP contribution in [0.3, 0.4) is 0 Å². The van der Waals surface area contributed by atoms with Crippen LogP contribution >= 0.6 is 0 Å². The van der Waals surface area contributed by atoms with Crippen LogP contribution in [-0.4, -0.2) is 75.7 Å². The quantitative estimate of drug-likeness (QED) is 0.158. The van der Waals surface area contributed by atoms with E-state index in [0.717, 1.165) is 0 Å². The molecule has 0 bridgehead atoms. The fraction of sp³-hybridized carbons (Fsp3) is 0.421. The number of aliphatic hydroxyl groups excluding tert-OH is 1. The number of carboxylic acids is 1. The molecule has 0 fully saturated rings. The minimum absolute atomic E-state index is 0.0196. The molecule has 13 nitrogen and oxygen atoms in total. The van der Waals surface area contributed by atoms with Gasteiger partial charge in [-0.05, 0) is 24.6 Å². The van der Waals surface area contributed by atoms with Gasteiger partial charge in [0.05, 0.1) is 18.6 Å². The molecule has 0 aliphatic carbocycles. The SMILES string of the molecule is CC(O)C(NC(=O)C(N)CC(N)=O)C(=O)NC(Cc1ccc(O)cc1)C(=O)NCC(=O)O. The summed E-state index contributed by atoms with van der Waals surface area (Å²) in [4.78, 5) is 58.9. The van der Waals surface area contributed by atoms with Crippen LogP contribution in [0.25, 0.3) is 0 Å². The average Bonchev–Trinajstić information content (AvgIpc) is 2.70. The molecule has 4 amide bonds. The molecule has 0 aromatic heterocycles. The van der Waals surface area contributed by atoms with Crippen LogP contribution in [0, 0.1) is 0 Å². The summed E-state index contributed by atoms with van der Waals surface area (Å²) >= 11 is 0. The van der Waals surface area contributed by atoms with Gasteiger partial charge in [-0.1, -0.05) is 12.1 Å². The Morgan fingerprint density at radius 3 is 2.09 bits per heavy atom. The van der Waals surface area contributed by atoms with Crippen molar-refractivity contribution in [3.63, 3.8) is 0 Å². The molecule has 0 spiro atoms. The molecule has 4 unspecified atom stereocenters. The van der Waals surface area contributed by atoms with E-state index in [1.807, 2.05) is 0 Å². The fourth-order valence-electron chi connectivity index (χ4n) is 2.60. The number of aliphatic hydroxyl groups is 1. The highest BCUT2D eigenvalue weighted by Crippen LogP contribution is 2.12. The number of rotatable bonds is 12. The van der Waals surface area contributed by atoms with E-state index >= 15 is 0 Å². The van der Waals surface area contributed by atoms with Crippen LogP contribution in [0.15, 0.2) is 24.3 Å². The minimum atomic E-state index is -1.53. The number of aliphatic carboxylic acids is 1. The lowest BCUT2D eigenvalue weighted by Gasteiger charge is -2.25. The molecule has 0 saturated carbocycles. The summed E-state index contributed by atoms with van der Waals surface area (Å²) in [5, 5.41) is 34.8. The number of phenols is 1. The molecule has 32 heavy (non-hydrogen) atoms. The van der Waals surface area contributed by atoms with Crippen molar-refractivity contribution in [1.82, 2.24) is 16.0 Å². The van der Waals surface area contributed by atoms with Crippen molar-refractivity contribution in [1.29, 1.82) is 0 Å². The Labute approximate surface area is 183 Å². The Kier molecular flexibility index (Phi) is 10.1. The molecule has 176 valence electrons. The Morgan fingerprint density at radius 2 is 1.59 bits per heavy atom. The van der Waals surface area contributed by atoms with Crippen LogP contribution in [0.5, 0.6) is 5.75 Å². The number of hydrogen-bond donors (Lipinski definition) is 8. The summed E-state index contributed by atoms with van der Waals surface area (Å²) < 4.78 is 0. The maximum Gasteiger partial charge on any atom is 0.322 e. The third-order valence-corrected chi connectivity index (χ3v) is 4.24. The van der Waals surface area contributed by atoms with Gasteiger partial charge in [0.15, 0.2) is 0 Å². The maximum absolute atomic E-state index is 12.7. The predicted octanol–water partition coefficient (Wildman–Crippen LogP) is -3.31. The molecule has 0 aliphatic heterocycles. The first-order valence-corrected chi connectivity index (χ1v) is 9.50. The van der Waals surface area contributed by atoms with E-state index in [0.29, 0.717) is 5.56 Å². The predicted molar refractivity (Wildman–Crippen MR) is 110 cm³/mol. The highest BCUT2D eigenvalue weighted by Gasteiger charge is 2.31. The molecule has 1 aromatic carbocycles. The van der Waals surface area contributed by atoms with Crippen LogP contribution in [0.2, 0.25) is 0 Å². The monoisotopic (exact) mass is 453 g/mol. The lowest BCUT2D eigenvalue weighted by Crippen LogP contribution is -2.59. The van der Waals surface area contributed by atoms with E-state index in [1.165, 1.54) is 31.2 Å². The summed E-state index contributed by atoms with van der Waals surface area (Å²) in [6, 6.07) is 1.56. The fourth-order valence-corrected chi connectivity index (χ4v) is 2.60. The second-order valence-electron chi connectivity index (χ2n) is 7.05. The van der Waals surface area contributed by atoms with E-state index in [9.17, 15) is 34.2 Å². The van der Waals surface area contributed by atoms with E-state index in [4.69, 9.17) is 16.6 Å². The zero-order valence-electron chi connectivity index (χ0n) is 17.3. The number of carbonyl (C=O) groups is 5. The van der Waals surface area contributed by atoms with Gasteiger partial charge in [0.1, 0.15) is 24.4 Å². The van der Waals surface area contributed by atoms with Gasteiger partial charge in [0, 0.05) is 6.42 Å². The van der Waals surface area contributed by atoms with Crippen LogP contribution in [0.1, 0.15) is 18.9 Å². The van der Waals surface area contributed by atoms with Gasteiger partial charge in [-0.25, -0.2) is 0 Å². The number of primary amides is 1. The van der Waals surface area contributed by atoms with Crippen molar-refractivity contribution < 1.29 is 39.3 Å². The van der Waals surface area contributed by atoms with Gasteiger partial charge in [-0.3, -0.25) is 24.0 Å². The summed E-state index contributed by atoms with van der Waals surface area (Å²) in [5.41, 5.74) is 11.0. The second kappa shape index (κ2) is 12.2. The lowest BCUT2D eigenvalue weighted by molar-refractivity contribution is -0.138. The first-order valence-electron chi connectivity index (χ1n) is 9.50. The molecule has 10 N–H and O–H groups in total. The number of carboxylic acid groups (broad SMARTS) is 1.